The molecule has 4 aliphatic heterocycles. The van der Waals surface area contributed by atoms with Crippen molar-refractivity contribution in [3.63, 3.8) is 0 Å². The largest absolute Gasteiger partial charge is 0.363 e. The Bertz CT molecular complexity index is 1010. The van der Waals surface area contributed by atoms with E-state index in [0.29, 0.717) is 5.92 Å². The maximum Gasteiger partial charge on any atom is 0.227 e. The zero-order valence-corrected chi connectivity index (χ0v) is 16.6. The highest BCUT2D eigenvalue weighted by Gasteiger charge is 2.57. The molecular weight excluding hydrogens is 366 g/mol. The van der Waals surface area contributed by atoms with Crippen LogP contribution in [-0.4, -0.2) is 41.0 Å². The lowest BCUT2D eigenvalue weighted by molar-refractivity contribution is -0.198. The Hall–Kier alpha value is -2.37. The van der Waals surface area contributed by atoms with E-state index in [4.69, 9.17) is 9.99 Å². The van der Waals surface area contributed by atoms with Crippen molar-refractivity contribution in [2.75, 3.05) is 19.6 Å². The summed E-state index contributed by atoms with van der Waals surface area (Å²) < 4.78 is 1.30. The molecule has 1 atom stereocenters. The van der Waals surface area contributed by atoms with Crippen LogP contribution in [0.15, 0.2) is 65.8 Å². The lowest BCUT2D eigenvalue weighted by atomic mass is 9.79. The van der Waals surface area contributed by atoms with E-state index in [0.717, 1.165) is 18.9 Å². The fraction of sp³-hybridized carbons (Fsp3) is 0.348. The molecule has 142 valence electrons. The Kier molecular flexibility index (Phi) is 3.74. The molecule has 4 aliphatic rings. The van der Waals surface area contributed by atoms with Crippen LogP contribution < -0.4 is 0 Å². The van der Waals surface area contributed by atoms with E-state index in [-0.39, 0.29) is 5.72 Å². The van der Waals surface area contributed by atoms with Gasteiger partial charge in [0.25, 0.3) is 0 Å². The molecule has 0 radical (unpaired) electrons. The maximum atomic E-state index is 6.34. The fourth-order valence-corrected chi connectivity index (χ4v) is 6.10. The highest BCUT2D eigenvalue weighted by molar-refractivity contribution is 7.20. The Morgan fingerprint density at radius 2 is 1.82 bits per heavy atom. The summed E-state index contributed by atoms with van der Waals surface area (Å²) in [4.78, 5) is 12.5. The quantitative estimate of drug-likeness (QED) is 0.659. The van der Waals surface area contributed by atoms with Crippen LogP contribution in [-0.2, 0) is 11.4 Å². The predicted octanol–water partition coefficient (Wildman–Crippen LogP) is 4.52. The first-order valence-corrected chi connectivity index (χ1v) is 10.9. The van der Waals surface area contributed by atoms with Crippen LogP contribution in [0.4, 0.5) is 0 Å². The van der Waals surface area contributed by atoms with E-state index < -0.39 is 0 Å². The van der Waals surface area contributed by atoms with Gasteiger partial charge in [0.1, 0.15) is 0 Å². The van der Waals surface area contributed by atoms with E-state index >= 15 is 0 Å². The van der Waals surface area contributed by atoms with Crippen molar-refractivity contribution < 1.29 is 4.84 Å². The highest BCUT2D eigenvalue weighted by atomic mass is 32.1. The summed E-state index contributed by atoms with van der Waals surface area (Å²) in [6.07, 6.45) is 2.39. The molecule has 0 aliphatic carbocycles. The number of rotatable bonds is 3. The van der Waals surface area contributed by atoms with Crippen molar-refractivity contribution in [2.45, 2.75) is 25.1 Å². The normalized spacial score (nSPS) is 28.7. The summed E-state index contributed by atoms with van der Waals surface area (Å²) in [5.41, 5.74) is 0.982. The molecule has 28 heavy (non-hydrogen) atoms. The summed E-state index contributed by atoms with van der Waals surface area (Å²) >= 11 is 1.81. The van der Waals surface area contributed by atoms with Crippen molar-refractivity contribution in [1.82, 2.24) is 9.80 Å². The third kappa shape index (κ3) is 2.50. The topological polar surface area (TPSA) is 28.1 Å². The van der Waals surface area contributed by atoms with Crippen LogP contribution in [0.5, 0.6) is 0 Å². The van der Waals surface area contributed by atoms with Crippen LogP contribution in [0.2, 0.25) is 0 Å². The number of amidine groups is 1. The van der Waals surface area contributed by atoms with Gasteiger partial charge >= 0.3 is 0 Å². The van der Waals surface area contributed by atoms with Gasteiger partial charge in [0.2, 0.25) is 5.72 Å². The van der Waals surface area contributed by atoms with Gasteiger partial charge in [-0.2, -0.15) is 0 Å². The van der Waals surface area contributed by atoms with Gasteiger partial charge < -0.3 is 9.74 Å². The van der Waals surface area contributed by atoms with Crippen molar-refractivity contribution in [3.05, 3.63) is 71.1 Å². The van der Waals surface area contributed by atoms with E-state index in [9.17, 15) is 0 Å². The van der Waals surface area contributed by atoms with E-state index in [1.807, 2.05) is 11.3 Å². The number of piperidine rings is 3. The average molecular weight is 390 g/mol. The number of fused-ring (bicyclic) bond motifs is 3. The van der Waals surface area contributed by atoms with Gasteiger partial charge in [0.05, 0.1) is 11.4 Å². The average Bonchev–Trinajstić information content (AvgIpc) is 3.32. The van der Waals surface area contributed by atoms with Crippen LogP contribution in [0.25, 0.3) is 10.1 Å². The second-order valence-electron chi connectivity index (χ2n) is 8.12. The molecule has 0 N–H and O–H groups in total. The van der Waals surface area contributed by atoms with Gasteiger partial charge in [0.15, 0.2) is 5.84 Å². The van der Waals surface area contributed by atoms with Gasteiger partial charge in [-0.25, -0.2) is 0 Å². The first-order chi connectivity index (χ1) is 13.8. The van der Waals surface area contributed by atoms with Gasteiger partial charge in [-0.15, -0.1) is 11.3 Å². The first-order valence-electron chi connectivity index (χ1n) is 10.1. The number of hydrogen-bond donors (Lipinski definition) is 0. The van der Waals surface area contributed by atoms with E-state index in [1.54, 1.807) is 0 Å². The van der Waals surface area contributed by atoms with Crippen molar-refractivity contribution in [3.8, 4) is 0 Å². The third-order valence-corrected chi connectivity index (χ3v) is 7.62. The minimum absolute atomic E-state index is 0.322. The number of nitrogens with zero attached hydrogens (tertiary/aromatic N) is 3. The summed E-state index contributed by atoms with van der Waals surface area (Å²) in [6, 6.07) is 21.6. The smallest absolute Gasteiger partial charge is 0.227 e. The Morgan fingerprint density at radius 3 is 2.57 bits per heavy atom. The lowest BCUT2D eigenvalue weighted by Crippen LogP contribution is -2.66. The summed E-state index contributed by atoms with van der Waals surface area (Å²) in [5, 5.41) is 5.98. The summed E-state index contributed by atoms with van der Waals surface area (Å²) in [7, 11) is 0. The molecule has 3 fully saturated rings. The molecule has 0 amide bonds. The maximum absolute atomic E-state index is 6.34. The van der Waals surface area contributed by atoms with Gasteiger partial charge in [0, 0.05) is 17.2 Å². The molecule has 1 aromatic heterocycles. The van der Waals surface area contributed by atoms with Gasteiger partial charge in [-0.05, 0) is 49.0 Å². The zero-order chi connectivity index (χ0) is 18.6. The second kappa shape index (κ2) is 6.33. The number of benzene rings is 2. The number of thiophene rings is 1. The van der Waals surface area contributed by atoms with Crippen LogP contribution >= 0.6 is 11.3 Å². The molecule has 3 aromatic rings. The molecule has 2 bridgehead atoms. The lowest BCUT2D eigenvalue weighted by Gasteiger charge is -2.53. The summed E-state index contributed by atoms with van der Waals surface area (Å²) in [5.74, 6) is 1.54. The molecular formula is C23H23N3OS. The van der Waals surface area contributed by atoms with Crippen molar-refractivity contribution >= 4 is 27.3 Å². The first kappa shape index (κ1) is 16.6. The molecule has 4 nitrogen and oxygen atoms in total. The monoisotopic (exact) mass is 389 g/mol. The van der Waals surface area contributed by atoms with Crippen LogP contribution in [0, 0.1) is 5.92 Å². The molecule has 5 heterocycles. The molecule has 3 saturated heterocycles. The molecule has 0 saturated carbocycles. The predicted molar refractivity (Wildman–Crippen MR) is 113 cm³/mol. The molecule has 0 unspecified atom stereocenters. The molecule has 1 spiro atoms. The molecule has 7 rings (SSSR count). The molecule has 2 aromatic carbocycles. The third-order valence-electron chi connectivity index (χ3n) is 6.51. The Morgan fingerprint density at radius 1 is 1.04 bits per heavy atom. The fourth-order valence-electron chi connectivity index (χ4n) is 5.05. The van der Waals surface area contributed by atoms with E-state index in [1.165, 1.54) is 46.5 Å². The van der Waals surface area contributed by atoms with Crippen LogP contribution in [0.3, 0.4) is 0 Å². The number of hydrogen-bond acceptors (Lipinski definition) is 5. The number of oxime groups is 1. The Labute approximate surface area is 169 Å². The SMILES string of the molecule is c1ccc(CN2C(c3cc4ccccc4s3)=NO[C@@]23CN2CCC3CC2)cc1. The van der Waals surface area contributed by atoms with Crippen molar-refractivity contribution in [2.24, 2.45) is 11.1 Å². The minimum atomic E-state index is -0.322. The zero-order valence-electron chi connectivity index (χ0n) is 15.8. The highest BCUT2D eigenvalue weighted by Crippen LogP contribution is 2.45. The summed E-state index contributed by atoms with van der Waals surface area (Å²) in [6.45, 7) is 4.15. The van der Waals surface area contributed by atoms with Gasteiger partial charge in [-0.1, -0.05) is 53.7 Å². The van der Waals surface area contributed by atoms with Gasteiger partial charge in [-0.3, -0.25) is 4.90 Å². The van der Waals surface area contributed by atoms with Crippen molar-refractivity contribution in [1.29, 1.82) is 0 Å². The standard InChI is InChI=1S/C23H23N3OS/c1-2-6-17(7-3-1)15-26-22(21-14-18-8-4-5-9-20(18)28-21)24-27-23(26)16-25-12-10-19(23)11-13-25/h1-9,14,19H,10-13,15-16H2/t23-/m1/s1. The minimum Gasteiger partial charge on any atom is -0.363 e. The Balaban J connectivity index is 1.43. The second-order valence-corrected chi connectivity index (χ2v) is 9.21. The molecule has 5 heteroatoms. The van der Waals surface area contributed by atoms with Crippen LogP contribution in [0.1, 0.15) is 23.3 Å². The van der Waals surface area contributed by atoms with E-state index in [2.05, 4.69) is 70.5 Å².